The molecule has 0 aliphatic carbocycles. The smallest absolute Gasteiger partial charge is 0.222 e. The van der Waals surface area contributed by atoms with E-state index < -0.39 is 0 Å². The zero-order valence-corrected chi connectivity index (χ0v) is 14.1. The Morgan fingerprint density at radius 3 is 2.55 bits per heavy atom. The van der Waals surface area contributed by atoms with Crippen LogP contribution in [-0.2, 0) is 16.1 Å². The predicted molar refractivity (Wildman–Crippen MR) is 91.0 cm³/mol. The Hall–Kier alpha value is -1.10. The number of likely N-dealkylation sites (tertiary alicyclic amines) is 1. The summed E-state index contributed by atoms with van der Waals surface area (Å²) in [5, 5.41) is 0. The number of hydrogen-bond donors (Lipinski definition) is 1. The molecule has 1 aliphatic rings. The monoisotopic (exact) mass is 326 g/mol. The lowest BCUT2D eigenvalue weighted by molar-refractivity contribution is -0.134. The topological polar surface area (TPSA) is 55.6 Å². The summed E-state index contributed by atoms with van der Waals surface area (Å²) in [5.74, 6) is 0.230. The van der Waals surface area contributed by atoms with Crippen molar-refractivity contribution in [3.63, 3.8) is 0 Å². The Morgan fingerprint density at radius 2 is 1.95 bits per heavy atom. The van der Waals surface area contributed by atoms with Gasteiger partial charge in [0, 0.05) is 25.6 Å². The standard InChI is InChI=1S/C17H26N2O2.ClH/c1-14(18)7-8-17(20)19-11-9-16(10-12-19)21-13-15-5-3-2-4-6-15;/h2-6,14,16H,7-13,18H2,1H3;1H. The number of hydrogen-bond acceptors (Lipinski definition) is 3. The molecule has 1 unspecified atom stereocenters. The second-order valence-corrected chi connectivity index (χ2v) is 5.89. The van der Waals surface area contributed by atoms with Gasteiger partial charge in [0.25, 0.3) is 0 Å². The number of carbonyl (C=O) groups is 1. The largest absolute Gasteiger partial charge is 0.373 e. The number of amides is 1. The summed E-state index contributed by atoms with van der Waals surface area (Å²) in [4.78, 5) is 14.0. The van der Waals surface area contributed by atoms with Gasteiger partial charge < -0.3 is 15.4 Å². The van der Waals surface area contributed by atoms with Gasteiger partial charge in [-0.15, -0.1) is 12.4 Å². The van der Waals surface area contributed by atoms with Crippen molar-refractivity contribution in [1.29, 1.82) is 0 Å². The van der Waals surface area contributed by atoms with Crippen LogP contribution in [0.2, 0.25) is 0 Å². The molecule has 1 aliphatic heterocycles. The van der Waals surface area contributed by atoms with Crippen LogP contribution in [0.5, 0.6) is 0 Å². The number of benzene rings is 1. The van der Waals surface area contributed by atoms with Gasteiger partial charge in [-0.25, -0.2) is 0 Å². The second kappa shape index (κ2) is 9.82. The van der Waals surface area contributed by atoms with Crippen molar-refractivity contribution < 1.29 is 9.53 Å². The summed E-state index contributed by atoms with van der Waals surface area (Å²) < 4.78 is 5.94. The molecule has 22 heavy (non-hydrogen) atoms. The van der Waals surface area contributed by atoms with Gasteiger partial charge in [0.15, 0.2) is 0 Å². The number of nitrogens with zero attached hydrogens (tertiary/aromatic N) is 1. The first-order chi connectivity index (χ1) is 10.1. The minimum Gasteiger partial charge on any atom is -0.373 e. The molecule has 124 valence electrons. The number of carbonyl (C=O) groups excluding carboxylic acids is 1. The quantitative estimate of drug-likeness (QED) is 0.874. The Bertz CT molecular complexity index is 432. The van der Waals surface area contributed by atoms with Crippen LogP contribution < -0.4 is 5.73 Å². The fraction of sp³-hybridized carbons (Fsp3) is 0.588. The van der Waals surface area contributed by atoms with Gasteiger partial charge >= 0.3 is 0 Å². The third kappa shape index (κ3) is 6.34. The van der Waals surface area contributed by atoms with Crippen LogP contribution in [0, 0.1) is 0 Å². The minimum atomic E-state index is 0. The van der Waals surface area contributed by atoms with Crippen molar-refractivity contribution in [3.05, 3.63) is 35.9 Å². The van der Waals surface area contributed by atoms with Crippen molar-refractivity contribution >= 4 is 18.3 Å². The van der Waals surface area contributed by atoms with Crippen LogP contribution in [-0.4, -0.2) is 36.0 Å². The summed E-state index contributed by atoms with van der Waals surface area (Å²) in [5.41, 5.74) is 6.90. The molecular formula is C17H27ClN2O2. The first-order valence-electron chi connectivity index (χ1n) is 7.84. The lowest BCUT2D eigenvalue weighted by Crippen LogP contribution is -2.41. The SMILES string of the molecule is CC(N)CCC(=O)N1CCC(OCc2ccccc2)CC1.Cl. The molecule has 0 radical (unpaired) electrons. The first-order valence-corrected chi connectivity index (χ1v) is 7.84. The Morgan fingerprint density at radius 1 is 1.32 bits per heavy atom. The fourth-order valence-corrected chi connectivity index (χ4v) is 2.57. The molecule has 0 bridgehead atoms. The number of halogens is 1. The Kier molecular flexibility index (Phi) is 8.46. The van der Waals surface area contributed by atoms with Gasteiger partial charge in [-0.1, -0.05) is 30.3 Å². The van der Waals surface area contributed by atoms with E-state index in [1.165, 1.54) is 5.56 Å². The summed E-state index contributed by atoms with van der Waals surface area (Å²) >= 11 is 0. The van der Waals surface area contributed by atoms with E-state index in [1.807, 2.05) is 30.0 Å². The molecular weight excluding hydrogens is 300 g/mol. The molecule has 2 rings (SSSR count). The molecule has 2 N–H and O–H groups in total. The molecule has 1 saturated heterocycles. The molecule has 1 atom stereocenters. The number of piperidine rings is 1. The number of rotatable bonds is 6. The molecule has 4 nitrogen and oxygen atoms in total. The Balaban J connectivity index is 0.00000242. The zero-order chi connectivity index (χ0) is 15.1. The summed E-state index contributed by atoms with van der Waals surface area (Å²) in [6.45, 7) is 4.20. The van der Waals surface area contributed by atoms with Gasteiger partial charge in [-0.05, 0) is 31.7 Å². The average molecular weight is 327 g/mol. The maximum absolute atomic E-state index is 12.0. The van der Waals surface area contributed by atoms with Gasteiger partial charge in [0.05, 0.1) is 12.7 Å². The van der Waals surface area contributed by atoms with E-state index in [9.17, 15) is 4.79 Å². The predicted octanol–water partition coefficient (Wildman–Crippen LogP) is 2.74. The lowest BCUT2D eigenvalue weighted by atomic mass is 10.1. The second-order valence-electron chi connectivity index (χ2n) is 5.89. The lowest BCUT2D eigenvalue weighted by Gasteiger charge is -2.32. The van der Waals surface area contributed by atoms with Crippen molar-refractivity contribution in [1.82, 2.24) is 4.90 Å². The fourth-order valence-electron chi connectivity index (χ4n) is 2.57. The van der Waals surface area contributed by atoms with Crippen molar-refractivity contribution in [3.8, 4) is 0 Å². The van der Waals surface area contributed by atoms with Gasteiger partial charge in [0.1, 0.15) is 0 Å². The minimum absolute atomic E-state index is 0. The number of nitrogens with two attached hydrogens (primary N) is 1. The molecule has 1 aromatic rings. The Labute approximate surface area is 139 Å². The maximum Gasteiger partial charge on any atom is 0.222 e. The highest BCUT2D eigenvalue weighted by atomic mass is 35.5. The van der Waals surface area contributed by atoms with Crippen molar-refractivity contribution in [2.24, 2.45) is 5.73 Å². The van der Waals surface area contributed by atoms with Crippen LogP contribution in [0.1, 0.15) is 38.2 Å². The molecule has 0 spiro atoms. The highest BCUT2D eigenvalue weighted by molar-refractivity contribution is 5.85. The highest BCUT2D eigenvalue weighted by Crippen LogP contribution is 2.16. The molecule has 1 fully saturated rings. The average Bonchev–Trinajstić information content (AvgIpc) is 2.52. The van der Waals surface area contributed by atoms with E-state index in [-0.39, 0.29) is 30.5 Å². The van der Waals surface area contributed by atoms with Crippen LogP contribution in [0.3, 0.4) is 0 Å². The van der Waals surface area contributed by atoms with E-state index in [1.54, 1.807) is 0 Å². The van der Waals surface area contributed by atoms with Crippen LogP contribution in [0.15, 0.2) is 30.3 Å². The van der Waals surface area contributed by atoms with E-state index in [4.69, 9.17) is 10.5 Å². The zero-order valence-electron chi connectivity index (χ0n) is 13.2. The third-order valence-electron chi connectivity index (χ3n) is 3.94. The van der Waals surface area contributed by atoms with Crippen molar-refractivity contribution in [2.75, 3.05) is 13.1 Å². The van der Waals surface area contributed by atoms with Crippen LogP contribution in [0.4, 0.5) is 0 Å². The summed E-state index contributed by atoms with van der Waals surface area (Å²) in [6.07, 6.45) is 3.45. The molecule has 1 amide bonds. The molecule has 0 aromatic heterocycles. The summed E-state index contributed by atoms with van der Waals surface area (Å²) in [7, 11) is 0. The van der Waals surface area contributed by atoms with Crippen LogP contribution in [0.25, 0.3) is 0 Å². The molecule has 0 saturated carbocycles. The highest BCUT2D eigenvalue weighted by Gasteiger charge is 2.23. The molecule has 1 aromatic carbocycles. The molecule has 1 heterocycles. The number of ether oxygens (including phenoxy) is 1. The maximum atomic E-state index is 12.0. The van der Waals surface area contributed by atoms with Crippen LogP contribution >= 0.6 is 12.4 Å². The van der Waals surface area contributed by atoms with E-state index in [0.29, 0.717) is 13.0 Å². The van der Waals surface area contributed by atoms with Gasteiger partial charge in [-0.3, -0.25) is 4.79 Å². The van der Waals surface area contributed by atoms with Crippen molar-refractivity contribution in [2.45, 2.75) is 51.4 Å². The molecule has 5 heteroatoms. The first kappa shape index (κ1) is 18.9. The third-order valence-corrected chi connectivity index (χ3v) is 3.94. The van der Waals surface area contributed by atoms with Gasteiger partial charge in [0.2, 0.25) is 5.91 Å². The van der Waals surface area contributed by atoms with E-state index in [0.717, 1.165) is 32.4 Å². The summed E-state index contributed by atoms with van der Waals surface area (Å²) in [6, 6.07) is 10.3. The van der Waals surface area contributed by atoms with Gasteiger partial charge in [-0.2, -0.15) is 0 Å². The normalized spacial score (nSPS) is 16.9. The van der Waals surface area contributed by atoms with E-state index >= 15 is 0 Å². The van der Waals surface area contributed by atoms with E-state index in [2.05, 4.69) is 12.1 Å².